The number of benzene rings is 1. The molecule has 0 aliphatic heterocycles. The Hall–Kier alpha value is -2.04. The Kier molecular flexibility index (Phi) is 4.50. The zero-order chi connectivity index (χ0) is 15.5. The number of aromatic hydroxyl groups is 1. The Morgan fingerprint density at radius 3 is 2.48 bits per heavy atom. The van der Waals surface area contributed by atoms with E-state index in [0.29, 0.717) is 5.69 Å². The fraction of sp³-hybridized carbons (Fsp3) is 0.500. The molecule has 1 amide bonds. The molecule has 0 bridgehead atoms. The highest BCUT2D eigenvalue weighted by Crippen LogP contribution is 2.44. The topological polar surface area (TPSA) is 86.6 Å². The molecule has 1 aliphatic rings. The average Bonchev–Trinajstić information content (AvgIpc) is 2.80. The molecule has 5 heteroatoms. The summed E-state index contributed by atoms with van der Waals surface area (Å²) < 4.78 is 0. The molecule has 5 nitrogen and oxygen atoms in total. The molecule has 2 rings (SSSR count). The second kappa shape index (κ2) is 6.16. The van der Waals surface area contributed by atoms with Crippen LogP contribution in [0.3, 0.4) is 0 Å². The highest BCUT2D eigenvalue weighted by molar-refractivity contribution is 5.91. The first-order chi connectivity index (χ1) is 9.90. The number of aryl methyl sites for hydroxylation is 1. The number of hydrogen-bond acceptors (Lipinski definition) is 3. The van der Waals surface area contributed by atoms with Crippen LogP contribution in [0.25, 0.3) is 0 Å². The van der Waals surface area contributed by atoms with Crippen LogP contribution < -0.4 is 5.32 Å². The molecule has 0 aromatic heterocycles. The molecule has 0 unspecified atom stereocenters. The van der Waals surface area contributed by atoms with E-state index in [0.717, 1.165) is 31.2 Å². The lowest BCUT2D eigenvalue weighted by molar-refractivity contribution is -0.140. The van der Waals surface area contributed by atoms with Gasteiger partial charge in [-0.25, -0.2) is 0 Å². The number of amides is 1. The van der Waals surface area contributed by atoms with Gasteiger partial charge in [-0.05, 0) is 36.8 Å². The van der Waals surface area contributed by atoms with Crippen molar-refractivity contribution in [1.29, 1.82) is 0 Å². The number of rotatable bonds is 5. The molecule has 0 atom stereocenters. The summed E-state index contributed by atoms with van der Waals surface area (Å²) in [6.07, 6.45) is 3.78. The summed E-state index contributed by atoms with van der Waals surface area (Å²) in [7, 11) is 0. The SMILES string of the molecule is Cc1ccc(NC(=O)CC2(CC(=O)O)CCCC2)cc1O. The van der Waals surface area contributed by atoms with Gasteiger partial charge >= 0.3 is 5.97 Å². The van der Waals surface area contributed by atoms with Crippen molar-refractivity contribution in [1.82, 2.24) is 0 Å². The molecule has 0 heterocycles. The van der Waals surface area contributed by atoms with Crippen LogP contribution in [0.1, 0.15) is 44.1 Å². The maximum atomic E-state index is 12.2. The minimum Gasteiger partial charge on any atom is -0.508 e. The van der Waals surface area contributed by atoms with E-state index in [1.54, 1.807) is 19.1 Å². The minimum absolute atomic E-state index is 0.0412. The lowest BCUT2D eigenvalue weighted by Gasteiger charge is -2.26. The van der Waals surface area contributed by atoms with E-state index in [9.17, 15) is 14.7 Å². The van der Waals surface area contributed by atoms with Crippen LogP contribution in [0.15, 0.2) is 18.2 Å². The summed E-state index contributed by atoms with van der Waals surface area (Å²) in [5.41, 5.74) is 0.862. The lowest BCUT2D eigenvalue weighted by atomic mass is 9.79. The van der Waals surface area contributed by atoms with Crippen molar-refractivity contribution in [2.24, 2.45) is 5.41 Å². The van der Waals surface area contributed by atoms with Crippen LogP contribution in [-0.2, 0) is 9.59 Å². The van der Waals surface area contributed by atoms with Gasteiger partial charge in [-0.15, -0.1) is 0 Å². The van der Waals surface area contributed by atoms with Gasteiger partial charge in [0.1, 0.15) is 5.75 Å². The monoisotopic (exact) mass is 291 g/mol. The minimum atomic E-state index is -0.849. The third-order valence-corrected chi connectivity index (χ3v) is 4.22. The van der Waals surface area contributed by atoms with E-state index in [1.165, 1.54) is 6.07 Å². The third kappa shape index (κ3) is 3.97. The van der Waals surface area contributed by atoms with Gasteiger partial charge in [0.05, 0.1) is 6.42 Å². The van der Waals surface area contributed by atoms with Gasteiger partial charge in [0.2, 0.25) is 5.91 Å². The van der Waals surface area contributed by atoms with E-state index < -0.39 is 11.4 Å². The van der Waals surface area contributed by atoms with Gasteiger partial charge in [-0.1, -0.05) is 18.9 Å². The highest BCUT2D eigenvalue weighted by atomic mass is 16.4. The number of carbonyl (C=O) groups is 2. The first-order valence-corrected chi connectivity index (χ1v) is 7.21. The molecule has 114 valence electrons. The van der Waals surface area contributed by atoms with E-state index >= 15 is 0 Å². The number of phenolic OH excluding ortho intramolecular Hbond substituents is 1. The molecule has 0 spiro atoms. The number of carboxylic acid groups (broad SMARTS) is 1. The molecule has 1 aliphatic carbocycles. The number of phenols is 1. The van der Waals surface area contributed by atoms with Gasteiger partial charge in [0, 0.05) is 18.2 Å². The van der Waals surface area contributed by atoms with Crippen LogP contribution in [-0.4, -0.2) is 22.1 Å². The maximum Gasteiger partial charge on any atom is 0.303 e. The van der Waals surface area contributed by atoms with Crippen molar-refractivity contribution < 1.29 is 19.8 Å². The van der Waals surface area contributed by atoms with Gasteiger partial charge in [-0.3, -0.25) is 9.59 Å². The molecular weight excluding hydrogens is 270 g/mol. The number of nitrogens with one attached hydrogen (secondary N) is 1. The first-order valence-electron chi connectivity index (χ1n) is 7.21. The molecule has 1 saturated carbocycles. The summed E-state index contributed by atoms with van der Waals surface area (Å²) in [6, 6.07) is 4.96. The quantitative estimate of drug-likeness (QED) is 0.778. The molecule has 21 heavy (non-hydrogen) atoms. The molecular formula is C16H21NO4. The summed E-state index contributed by atoms with van der Waals surface area (Å²) >= 11 is 0. The molecule has 0 saturated heterocycles. The maximum absolute atomic E-state index is 12.2. The van der Waals surface area contributed by atoms with Crippen molar-refractivity contribution in [3.8, 4) is 5.75 Å². The molecule has 1 aromatic carbocycles. The zero-order valence-electron chi connectivity index (χ0n) is 12.2. The normalized spacial score (nSPS) is 16.6. The Labute approximate surface area is 124 Å². The summed E-state index contributed by atoms with van der Waals surface area (Å²) in [5, 5.41) is 21.4. The predicted octanol–water partition coefficient (Wildman–Crippen LogP) is 3.06. The Balaban J connectivity index is 2.02. The van der Waals surface area contributed by atoms with E-state index in [-0.39, 0.29) is 24.5 Å². The van der Waals surface area contributed by atoms with Crippen LogP contribution in [0.4, 0.5) is 5.69 Å². The van der Waals surface area contributed by atoms with Crippen molar-refractivity contribution in [3.63, 3.8) is 0 Å². The highest BCUT2D eigenvalue weighted by Gasteiger charge is 2.37. The number of carbonyl (C=O) groups excluding carboxylic acids is 1. The van der Waals surface area contributed by atoms with Gasteiger partial charge in [0.25, 0.3) is 0 Å². The van der Waals surface area contributed by atoms with Crippen molar-refractivity contribution >= 4 is 17.6 Å². The van der Waals surface area contributed by atoms with E-state index in [4.69, 9.17) is 5.11 Å². The largest absolute Gasteiger partial charge is 0.508 e. The van der Waals surface area contributed by atoms with Crippen LogP contribution in [0.2, 0.25) is 0 Å². The standard InChI is InChI=1S/C16H21NO4/c1-11-4-5-12(8-13(11)18)17-14(19)9-16(10-15(20)21)6-2-3-7-16/h4-5,8,18H,2-3,6-7,9-10H2,1H3,(H,17,19)(H,20,21). The average molecular weight is 291 g/mol. The number of aliphatic carboxylic acids is 1. The first kappa shape index (κ1) is 15.4. The van der Waals surface area contributed by atoms with Crippen LogP contribution in [0.5, 0.6) is 5.75 Å². The van der Waals surface area contributed by atoms with Crippen LogP contribution >= 0.6 is 0 Å². The lowest BCUT2D eigenvalue weighted by Crippen LogP contribution is -2.27. The zero-order valence-corrected chi connectivity index (χ0v) is 12.2. The second-order valence-electron chi connectivity index (χ2n) is 6.00. The molecule has 3 N–H and O–H groups in total. The number of hydrogen-bond donors (Lipinski definition) is 3. The van der Waals surface area contributed by atoms with E-state index in [2.05, 4.69) is 5.32 Å². The van der Waals surface area contributed by atoms with Crippen LogP contribution in [0, 0.1) is 12.3 Å². The van der Waals surface area contributed by atoms with E-state index in [1.807, 2.05) is 0 Å². The Morgan fingerprint density at radius 1 is 1.24 bits per heavy atom. The Morgan fingerprint density at radius 2 is 1.90 bits per heavy atom. The number of carboxylic acids is 1. The second-order valence-corrected chi connectivity index (χ2v) is 6.00. The molecule has 1 aromatic rings. The fourth-order valence-electron chi connectivity index (χ4n) is 3.09. The van der Waals surface area contributed by atoms with Gasteiger partial charge in [0.15, 0.2) is 0 Å². The van der Waals surface area contributed by atoms with Gasteiger partial charge < -0.3 is 15.5 Å². The molecule has 0 radical (unpaired) electrons. The smallest absolute Gasteiger partial charge is 0.303 e. The third-order valence-electron chi connectivity index (χ3n) is 4.22. The molecule has 1 fully saturated rings. The predicted molar refractivity (Wildman–Crippen MR) is 79.2 cm³/mol. The summed E-state index contributed by atoms with van der Waals surface area (Å²) in [4.78, 5) is 23.2. The van der Waals surface area contributed by atoms with Crippen molar-refractivity contribution in [2.75, 3.05) is 5.32 Å². The fourth-order valence-corrected chi connectivity index (χ4v) is 3.09. The van der Waals surface area contributed by atoms with Gasteiger partial charge in [-0.2, -0.15) is 0 Å². The summed E-state index contributed by atoms with van der Waals surface area (Å²) in [6.45, 7) is 1.78. The Bertz CT molecular complexity index is 547. The summed E-state index contributed by atoms with van der Waals surface area (Å²) in [5.74, 6) is -0.909. The van der Waals surface area contributed by atoms with Crippen molar-refractivity contribution in [3.05, 3.63) is 23.8 Å². The number of anilines is 1. The van der Waals surface area contributed by atoms with Crippen molar-refractivity contribution in [2.45, 2.75) is 45.4 Å².